The molecule has 3 nitrogen and oxygen atoms in total. The van der Waals surface area contributed by atoms with Crippen LogP contribution in [0.25, 0.3) is 0 Å². The number of nitrogens with zero attached hydrogens (tertiary/aromatic N) is 2. The van der Waals surface area contributed by atoms with Gasteiger partial charge in [-0.2, -0.15) is 5.10 Å². The summed E-state index contributed by atoms with van der Waals surface area (Å²) >= 11 is 0. The molecule has 0 aliphatic heterocycles. The van der Waals surface area contributed by atoms with Gasteiger partial charge < -0.3 is 5.73 Å². The van der Waals surface area contributed by atoms with Crippen LogP contribution in [0.3, 0.4) is 0 Å². The van der Waals surface area contributed by atoms with Gasteiger partial charge in [0, 0.05) is 13.0 Å². The molecule has 0 spiro atoms. The molecule has 1 fully saturated rings. The van der Waals surface area contributed by atoms with Crippen LogP contribution >= 0.6 is 0 Å². The van der Waals surface area contributed by atoms with E-state index in [0.717, 1.165) is 17.1 Å². The minimum Gasteiger partial charge on any atom is -0.396 e. The number of aromatic nitrogens is 2. The maximum absolute atomic E-state index is 5.93. The van der Waals surface area contributed by atoms with Crippen LogP contribution in [0.4, 0.5) is 5.69 Å². The zero-order chi connectivity index (χ0) is 8.72. The Balaban J connectivity index is 2.36. The monoisotopic (exact) mass is 165 g/mol. The molecule has 66 valence electrons. The molecule has 12 heavy (non-hydrogen) atoms. The lowest BCUT2D eigenvalue weighted by atomic mass is 9.82. The van der Waals surface area contributed by atoms with Gasteiger partial charge in [0.25, 0.3) is 0 Å². The molecule has 0 aromatic carbocycles. The highest BCUT2D eigenvalue weighted by Gasteiger charge is 2.25. The van der Waals surface area contributed by atoms with Crippen LogP contribution in [0.1, 0.15) is 36.6 Å². The second-order valence-electron chi connectivity index (χ2n) is 3.64. The number of nitrogen functional groups attached to an aromatic ring is 1. The van der Waals surface area contributed by atoms with Crippen LogP contribution < -0.4 is 5.73 Å². The van der Waals surface area contributed by atoms with Crippen molar-refractivity contribution in [1.29, 1.82) is 0 Å². The van der Waals surface area contributed by atoms with Crippen LogP contribution in [-0.4, -0.2) is 9.78 Å². The fourth-order valence-electron chi connectivity index (χ4n) is 1.63. The molecule has 0 unspecified atom stereocenters. The summed E-state index contributed by atoms with van der Waals surface area (Å²) in [6.45, 7) is 2.02. The predicted molar refractivity (Wildman–Crippen MR) is 48.9 cm³/mol. The minimum atomic E-state index is 0.643. The molecule has 1 aromatic heterocycles. The lowest BCUT2D eigenvalue weighted by Gasteiger charge is -2.23. The summed E-state index contributed by atoms with van der Waals surface area (Å²) in [6.07, 6.45) is 3.86. The third-order valence-corrected chi connectivity index (χ3v) is 2.90. The number of hydrogen-bond acceptors (Lipinski definition) is 2. The van der Waals surface area contributed by atoms with E-state index in [1.807, 2.05) is 18.7 Å². The molecule has 3 heteroatoms. The van der Waals surface area contributed by atoms with Crippen molar-refractivity contribution in [2.45, 2.75) is 32.1 Å². The number of anilines is 1. The van der Waals surface area contributed by atoms with E-state index >= 15 is 0 Å². The fourth-order valence-corrected chi connectivity index (χ4v) is 1.63. The number of aryl methyl sites for hydroxylation is 1. The number of nitrogens with two attached hydrogens (primary N) is 1. The summed E-state index contributed by atoms with van der Waals surface area (Å²) in [5.74, 6) is 0.643. The predicted octanol–water partition coefficient (Wildman–Crippen LogP) is 1.58. The molecule has 0 radical (unpaired) electrons. The van der Waals surface area contributed by atoms with Crippen molar-refractivity contribution in [3.8, 4) is 0 Å². The van der Waals surface area contributed by atoms with Crippen molar-refractivity contribution >= 4 is 5.69 Å². The Morgan fingerprint density at radius 3 is 2.50 bits per heavy atom. The largest absolute Gasteiger partial charge is 0.396 e. The van der Waals surface area contributed by atoms with E-state index in [1.54, 1.807) is 0 Å². The van der Waals surface area contributed by atoms with Gasteiger partial charge in [-0.3, -0.25) is 4.68 Å². The molecule has 1 aromatic rings. The maximum Gasteiger partial charge on any atom is 0.0887 e. The average molecular weight is 165 g/mol. The first kappa shape index (κ1) is 7.65. The minimum absolute atomic E-state index is 0.643. The lowest BCUT2D eigenvalue weighted by molar-refractivity contribution is 0.408. The van der Waals surface area contributed by atoms with Crippen LogP contribution in [0, 0.1) is 6.92 Å². The Labute approximate surface area is 72.6 Å². The second-order valence-corrected chi connectivity index (χ2v) is 3.64. The van der Waals surface area contributed by atoms with E-state index in [-0.39, 0.29) is 0 Å². The van der Waals surface area contributed by atoms with Gasteiger partial charge in [0.15, 0.2) is 0 Å². The zero-order valence-electron chi connectivity index (χ0n) is 7.67. The van der Waals surface area contributed by atoms with Gasteiger partial charge in [-0.05, 0) is 19.8 Å². The fraction of sp³-hybridized carbons (Fsp3) is 0.667. The summed E-state index contributed by atoms with van der Waals surface area (Å²) in [5.41, 5.74) is 9.06. The van der Waals surface area contributed by atoms with E-state index in [0.29, 0.717) is 5.92 Å². The van der Waals surface area contributed by atoms with E-state index in [9.17, 15) is 0 Å². The van der Waals surface area contributed by atoms with E-state index in [2.05, 4.69) is 5.10 Å². The van der Waals surface area contributed by atoms with Gasteiger partial charge in [0.05, 0.1) is 17.1 Å². The Bertz CT molecular complexity index is 297. The molecule has 1 aliphatic rings. The molecule has 2 N–H and O–H groups in total. The first-order valence-corrected chi connectivity index (χ1v) is 4.49. The molecule has 0 bridgehead atoms. The third kappa shape index (κ3) is 0.924. The topological polar surface area (TPSA) is 43.8 Å². The Hall–Kier alpha value is -0.990. The lowest BCUT2D eigenvalue weighted by Crippen LogP contribution is -2.11. The Morgan fingerprint density at radius 2 is 2.17 bits per heavy atom. The summed E-state index contributed by atoms with van der Waals surface area (Å²) in [7, 11) is 1.95. The summed E-state index contributed by atoms with van der Waals surface area (Å²) < 4.78 is 1.88. The van der Waals surface area contributed by atoms with Crippen molar-refractivity contribution < 1.29 is 0 Å². The van der Waals surface area contributed by atoms with Gasteiger partial charge >= 0.3 is 0 Å². The number of rotatable bonds is 1. The summed E-state index contributed by atoms with van der Waals surface area (Å²) in [5, 5.41) is 4.42. The maximum atomic E-state index is 5.93. The van der Waals surface area contributed by atoms with Crippen molar-refractivity contribution in [2.75, 3.05) is 5.73 Å². The van der Waals surface area contributed by atoms with Crippen LogP contribution in [0.5, 0.6) is 0 Å². The van der Waals surface area contributed by atoms with Crippen LogP contribution in [-0.2, 0) is 7.05 Å². The van der Waals surface area contributed by atoms with Crippen molar-refractivity contribution in [3.05, 3.63) is 11.4 Å². The molecule has 0 amide bonds. The SMILES string of the molecule is Cc1c(N)c(C2CCC2)nn1C. The highest BCUT2D eigenvalue weighted by atomic mass is 15.3. The average Bonchev–Trinajstić information content (AvgIpc) is 2.15. The number of hydrogen-bond donors (Lipinski definition) is 1. The van der Waals surface area contributed by atoms with Gasteiger partial charge in [0.2, 0.25) is 0 Å². The smallest absolute Gasteiger partial charge is 0.0887 e. The molecule has 1 heterocycles. The van der Waals surface area contributed by atoms with Crippen LogP contribution in [0.15, 0.2) is 0 Å². The Kier molecular flexibility index (Phi) is 1.60. The van der Waals surface area contributed by atoms with E-state index in [1.165, 1.54) is 19.3 Å². The highest BCUT2D eigenvalue weighted by molar-refractivity contribution is 5.49. The second kappa shape index (κ2) is 2.51. The van der Waals surface area contributed by atoms with Crippen molar-refractivity contribution in [3.63, 3.8) is 0 Å². The third-order valence-electron chi connectivity index (χ3n) is 2.90. The van der Waals surface area contributed by atoms with Gasteiger partial charge in [0.1, 0.15) is 0 Å². The van der Waals surface area contributed by atoms with Gasteiger partial charge in [-0.1, -0.05) is 6.42 Å². The van der Waals surface area contributed by atoms with E-state index < -0.39 is 0 Å². The Morgan fingerprint density at radius 1 is 1.50 bits per heavy atom. The molecule has 0 saturated heterocycles. The normalized spacial score (nSPS) is 17.8. The first-order chi connectivity index (χ1) is 5.70. The molecule has 1 aliphatic carbocycles. The first-order valence-electron chi connectivity index (χ1n) is 4.49. The van der Waals surface area contributed by atoms with Gasteiger partial charge in [-0.25, -0.2) is 0 Å². The van der Waals surface area contributed by atoms with Gasteiger partial charge in [-0.15, -0.1) is 0 Å². The molecule has 1 saturated carbocycles. The zero-order valence-corrected chi connectivity index (χ0v) is 7.67. The van der Waals surface area contributed by atoms with E-state index in [4.69, 9.17) is 5.73 Å². The quantitative estimate of drug-likeness (QED) is 0.686. The highest BCUT2D eigenvalue weighted by Crippen LogP contribution is 2.38. The standard InChI is InChI=1S/C9H15N3/c1-6-8(10)9(11-12(6)2)7-4-3-5-7/h7H,3-5,10H2,1-2H3. The summed E-state index contributed by atoms with van der Waals surface area (Å²) in [4.78, 5) is 0. The van der Waals surface area contributed by atoms with Crippen LogP contribution in [0.2, 0.25) is 0 Å². The summed E-state index contributed by atoms with van der Waals surface area (Å²) in [6, 6.07) is 0. The molecular weight excluding hydrogens is 150 g/mol. The molecule has 2 rings (SSSR count). The molecule has 0 atom stereocenters. The van der Waals surface area contributed by atoms with Crippen molar-refractivity contribution in [2.24, 2.45) is 7.05 Å². The van der Waals surface area contributed by atoms with Crippen molar-refractivity contribution in [1.82, 2.24) is 9.78 Å². The molecular formula is C9H15N3.